The minimum Gasteiger partial charge on any atom is -0.384 e. The van der Waals surface area contributed by atoms with Gasteiger partial charge in [0.15, 0.2) is 0 Å². The third kappa shape index (κ3) is 2.90. The van der Waals surface area contributed by atoms with Crippen molar-refractivity contribution in [2.75, 3.05) is 11.1 Å². The van der Waals surface area contributed by atoms with Gasteiger partial charge in [-0.05, 0) is 34.1 Å². The van der Waals surface area contributed by atoms with Crippen molar-refractivity contribution in [1.29, 1.82) is 0 Å². The summed E-state index contributed by atoms with van der Waals surface area (Å²) in [6.45, 7) is 0.708. The number of anilines is 2. The van der Waals surface area contributed by atoms with E-state index in [1.54, 1.807) is 23.6 Å². The Balaban J connectivity index is 1.99. The van der Waals surface area contributed by atoms with E-state index in [-0.39, 0.29) is 0 Å². The minimum absolute atomic E-state index is 0.472. The van der Waals surface area contributed by atoms with Crippen molar-refractivity contribution in [2.45, 2.75) is 6.54 Å². The topological polar surface area (TPSA) is 63.8 Å². The Morgan fingerprint density at radius 3 is 2.93 bits per heavy atom. The summed E-state index contributed by atoms with van der Waals surface area (Å²) in [6, 6.07) is 5.73. The standard InChI is InChI=1S/C9H9BrN4S/c10-7-2-1-6(15-7)5-13-9-12-4-3-8(11)14-9/h1-4H,5H2,(H3,11,12,13,14). The van der Waals surface area contributed by atoms with Crippen LogP contribution in [0.3, 0.4) is 0 Å². The SMILES string of the molecule is Nc1ccnc(NCc2ccc(Br)s2)n1. The van der Waals surface area contributed by atoms with Crippen molar-refractivity contribution >= 4 is 39.0 Å². The van der Waals surface area contributed by atoms with Gasteiger partial charge in [-0.15, -0.1) is 11.3 Å². The van der Waals surface area contributed by atoms with E-state index in [4.69, 9.17) is 5.73 Å². The van der Waals surface area contributed by atoms with Crippen LogP contribution in [-0.2, 0) is 6.54 Å². The number of nitrogen functional groups attached to an aromatic ring is 1. The number of halogens is 1. The van der Waals surface area contributed by atoms with Gasteiger partial charge in [0, 0.05) is 11.1 Å². The lowest BCUT2D eigenvalue weighted by Gasteiger charge is -2.02. The second-order valence-electron chi connectivity index (χ2n) is 2.86. The molecule has 0 aromatic carbocycles. The van der Waals surface area contributed by atoms with Gasteiger partial charge in [0.2, 0.25) is 5.95 Å². The first-order chi connectivity index (χ1) is 7.24. The van der Waals surface area contributed by atoms with E-state index in [2.05, 4.69) is 31.2 Å². The summed E-state index contributed by atoms with van der Waals surface area (Å²) in [4.78, 5) is 9.31. The van der Waals surface area contributed by atoms with E-state index in [1.165, 1.54) is 4.88 Å². The summed E-state index contributed by atoms with van der Waals surface area (Å²) >= 11 is 5.09. The number of hydrogen-bond donors (Lipinski definition) is 2. The lowest BCUT2D eigenvalue weighted by molar-refractivity contribution is 1.08. The van der Waals surface area contributed by atoms with Crippen LogP contribution in [0.4, 0.5) is 11.8 Å². The van der Waals surface area contributed by atoms with E-state index in [1.807, 2.05) is 12.1 Å². The summed E-state index contributed by atoms with van der Waals surface area (Å²) in [7, 11) is 0. The molecule has 3 N–H and O–H groups in total. The molecule has 2 aromatic heterocycles. The molecule has 0 unspecified atom stereocenters. The fourth-order valence-corrected chi connectivity index (χ4v) is 2.49. The first-order valence-electron chi connectivity index (χ1n) is 4.30. The van der Waals surface area contributed by atoms with E-state index < -0.39 is 0 Å². The Kier molecular flexibility index (Phi) is 3.17. The summed E-state index contributed by atoms with van der Waals surface area (Å²) in [5.41, 5.74) is 5.54. The molecule has 0 amide bonds. The molecule has 0 saturated carbocycles. The molecule has 0 aliphatic carbocycles. The molecule has 0 aliphatic rings. The molecule has 2 rings (SSSR count). The van der Waals surface area contributed by atoms with Gasteiger partial charge < -0.3 is 11.1 Å². The fraction of sp³-hybridized carbons (Fsp3) is 0.111. The molecule has 78 valence electrons. The summed E-state index contributed by atoms with van der Waals surface area (Å²) in [6.07, 6.45) is 1.63. The second kappa shape index (κ2) is 4.59. The van der Waals surface area contributed by atoms with Crippen molar-refractivity contribution < 1.29 is 0 Å². The minimum atomic E-state index is 0.472. The van der Waals surface area contributed by atoms with Gasteiger partial charge in [-0.3, -0.25) is 0 Å². The molecule has 0 saturated heterocycles. The highest BCUT2D eigenvalue weighted by molar-refractivity contribution is 9.11. The summed E-state index contributed by atoms with van der Waals surface area (Å²) in [5, 5.41) is 3.10. The summed E-state index contributed by atoms with van der Waals surface area (Å²) in [5.74, 6) is 1.03. The molecule has 15 heavy (non-hydrogen) atoms. The predicted octanol–water partition coefficient (Wildman–Crippen LogP) is 2.49. The maximum atomic E-state index is 5.54. The van der Waals surface area contributed by atoms with Gasteiger partial charge in [-0.1, -0.05) is 0 Å². The molecule has 6 heteroatoms. The smallest absolute Gasteiger partial charge is 0.224 e. The number of thiophene rings is 1. The molecule has 0 aliphatic heterocycles. The maximum absolute atomic E-state index is 5.54. The Bertz CT molecular complexity index is 457. The highest BCUT2D eigenvalue weighted by Gasteiger charge is 1.99. The zero-order chi connectivity index (χ0) is 10.7. The predicted molar refractivity (Wildman–Crippen MR) is 65.8 cm³/mol. The largest absolute Gasteiger partial charge is 0.384 e. The van der Waals surface area contributed by atoms with Crippen molar-refractivity contribution in [1.82, 2.24) is 9.97 Å². The van der Waals surface area contributed by atoms with Crippen LogP contribution in [0.25, 0.3) is 0 Å². The lowest BCUT2D eigenvalue weighted by atomic mass is 10.5. The second-order valence-corrected chi connectivity index (χ2v) is 5.41. The van der Waals surface area contributed by atoms with Gasteiger partial charge in [0.25, 0.3) is 0 Å². The molecule has 2 aromatic rings. The van der Waals surface area contributed by atoms with Crippen LogP contribution < -0.4 is 11.1 Å². The van der Waals surface area contributed by atoms with Crippen molar-refractivity contribution in [3.05, 3.63) is 33.1 Å². The highest BCUT2D eigenvalue weighted by atomic mass is 79.9. The van der Waals surface area contributed by atoms with Crippen LogP contribution in [0, 0.1) is 0 Å². The van der Waals surface area contributed by atoms with Crippen LogP contribution in [0.5, 0.6) is 0 Å². The van der Waals surface area contributed by atoms with Crippen molar-refractivity contribution in [3.8, 4) is 0 Å². The maximum Gasteiger partial charge on any atom is 0.224 e. The van der Waals surface area contributed by atoms with Crippen LogP contribution >= 0.6 is 27.3 Å². The number of nitrogens with zero attached hydrogens (tertiary/aromatic N) is 2. The van der Waals surface area contributed by atoms with Gasteiger partial charge in [-0.25, -0.2) is 4.98 Å². The van der Waals surface area contributed by atoms with Gasteiger partial charge in [-0.2, -0.15) is 4.98 Å². The molecule has 0 fully saturated rings. The van der Waals surface area contributed by atoms with Gasteiger partial charge in [0.05, 0.1) is 10.3 Å². The van der Waals surface area contributed by atoms with Crippen LogP contribution in [-0.4, -0.2) is 9.97 Å². The van der Waals surface area contributed by atoms with Gasteiger partial charge >= 0.3 is 0 Å². The third-order valence-electron chi connectivity index (χ3n) is 1.73. The number of hydrogen-bond acceptors (Lipinski definition) is 5. The molecular formula is C9H9BrN4S. The average molecular weight is 285 g/mol. The fourth-order valence-electron chi connectivity index (χ4n) is 1.07. The Labute approximate surface area is 99.7 Å². The molecule has 2 heterocycles. The number of nitrogens with one attached hydrogen (secondary N) is 1. The number of nitrogens with two attached hydrogens (primary N) is 1. The highest BCUT2D eigenvalue weighted by Crippen LogP contribution is 2.22. The first-order valence-corrected chi connectivity index (χ1v) is 5.91. The van der Waals surface area contributed by atoms with Gasteiger partial charge in [0.1, 0.15) is 5.82 Å². The average Bonchev–Trinajstić information content (AvgIpc) is 2.62. The summed E-state index contributed by atoms with van der Waals surface area (Å²) < 4.78 is 1.12. The molecular weight excluding hydrogens is 276 g/mol. The van der Waals surface area contributed by atoms with E-state index in [9.17, 15) is 0 Å². The monoisotopic (exact) mass is 284 g/mol. The molecule has 0 spiro atoms. The van der Waals surface area contributed by atoms with Crippen LogP contribution in [0.15, 0.2) is 28.2 Å². The molecule has 0 atom stereocenters. The van der Waals surface area contributed by atoms with Crippen LogP contribution in [0.2, 0.25) is 0 Å². The van der Waals surface area contributed by atoms with Crippen molar-refractivity contribution in [3.63, 3.8) is 0 Å². The zero-order valence-corrected chi connectivity index (χ0v) is 10.2. The molecule has 0 bridgehead atoms. The third-order valence-corrected chi connectivity index (χ3v) is 3.35. The molecule has 0 radical (unpaired) electrons. The Morgan fingerprint density at radius 2 is 2.27 bits per heavy atom. The lowest BCUT2D eigenvalue weighted by Crippen LogP contribution is -2.03. The Hall–Kier alpha value is -1.14. The quantitative estimate of drug-likeness (QED) is 0.909. The van der Waals surface area contributed by atoms with E-state index in [0.29, 0.717) is 18.3 Å². The number of rotatable bonds is 3. The normalized spacial score (nSPS) is 10.2. The van der Waals surface area contributed by atoms with Crippen molar-refractivity contribution in [2.24, 2.45) is 0 Å². The molecule has 4 nitrogen and oxygen atoms in total. The number of aromatic nitrogens is 2. The Morgan fingerprint density at radius 1 is 1.40 bits per heavy atom. The van der Waals surface area contributed by atoms with E-state index >= 15 is 0 Å². The first kappa shape index (κ1) is 10.4. The van der Waals surface area contributed by atoms with Crippen LogP contribution in [0.1, 0.15) is 4.88 Å². The van der Waals surface area contributed by atoms with E-state index in [0.717, 1.165) is 3.79 Å². The zero-order valence-electron chi connectivity index (χ0n) is 7.77.